The molecule has 0 aromatic carbocycles. The predicted octanol–water partition coefficient (Wildman–Crippen LogP) is -1.28. The molecule has 0 radical (unpaired) electrons. The first-order valence-electron chi connectivity index (χ1n) is 2.62. The van der Waals surface area contributed by atoms with E-state index in [0.29, 0.717) is 0 Å². The molecule has 1 aliphatic heterocycles. The van der Waals surface area contributed by atoms with E-state index in [1.807, 2.05) is 0 Å². The zero-order valence-electron chi connectivity index (χ0n) is 5.18. The van der Waals surface area contributed by atoms with Crippen molar-refractivity contribution in [2.45, 2.75) is 11.7 Å². The lowest BCUT2D eigenvalue weighted by Crippen LogP contribution is -2.24. The van der Waals surface area contributed by atoms with Gasteiger partial charge in [-0.3, -0.25) is 14.1 Å². The SMILES string of the molecule is O=C1C[C@@H](S(=O)(=O)O)C(=O)O1. The molecule has 0 aromatic rings. The predicted molar refractivity (Wildman–Crippen MR) is 31.1 cm³/mol. The van der Waals surface area contributed by atoms with Gasteiger partial charge in [0.25, 0.3) is 10.1 Å². The third kappa shape index (κ3) is 1.55. The Kier molecular flexibility index (Phi) is 1.69. The van der Waals surface area contributed by atoms with Crippen LogP contribution in [-0.2, 0) is 24.4 Å². The summed E-state index contributed by atoms with van der Waals surface area (Å²) in [4.78, 5) is 20.7. The van der Waals surface area contributed by atoms with Gasteiger partial charge >= 0.3 is 11.9 Å². The first-order valence-corrected chi connectivity index (χ1v) is 4.12. The molecule has 0 amide bonds. The lowest BCUT2D eigenvalue weighted by Gasteiger charge is -1.96. The molecule has 62 valence electrons. The molecule has 0 aliphatic carbocycles. The number of hydrogen-bond donors (Lipinski definition) is 1. The van der Waals surface area contributed by atoms with E-state index in [1.54, 1.807) is 0 Å². The number of cyclic esters (lactones) is 2. The first kappa shape index (κ1) is 8.15. The molecule has 7 heteroatoms. The molecule has 0 spiro atoms. The maximum Gasteiger partial charge on any atom is 0.335 e. The number of rotatable bonds is 1. The fraction of sp³-hybridized carbons (Fsp3) is 0.500. The van der Waals surface area contributed by atoms with E-state index in [4.69, 9.17) is 4.55 Å². The Labute approximate surface area is 61.9 Å². The second-order valence-corrected chi connectivity index (χ2v) is 3.60. The Morgan fingerprint density at radius 3 is 2.18 bits per heavy atom. The zero-order chi connectivity index (χ0) is 8.65. The maximum absolute atomic E-state index is 10.4. The molecule has 1 fully saturated rings. The summed E-state index contributed by atoms with van der Waals surface area (Å²) in [6.45, 7) is 0. The van der Waals surface area contributed by atoms with Gasteiger partial charge in [0.2, 0.25) is 0 Å². The number of carbonyl (C=O) groups excluding carboxylic acids is 2. The summed E-state index contributed by atoms with van der Waals surface area (Å²) in [5.74, 6) is -2.14. The third-order valence-electron chi connectivity index (χ3n) is 1.19. The van der Waals surface area contributed by atoms with Gasteiger partial charge in [0.15, 0.2) is 5.25 Å². The van der Waals surface area contributed by atoms with Crippen LogP contribution in [0.5, 0.6) is 0 Å². The molecule has 1 aliphatic rings. The summed E-state index contributed by atoms with van der Waals surface area (Å²) in [7, 11) is -4.48. The minimum atomic E-state index is -4.48. The summed E-state index contributed by atoms with van der Waals surface area (Å²) in [6.07, 6.45) is -0.600. The molecule has 11 heavy (non-hydrogen) atoms. The Hall–Kier alpha value is -0.950. The third-order valence-corrected chi connectivity index (χ3v) is 2.27. The quantitative estimate of drug-likeness (QED) is 0.306. The van der Waals surface area contributed by atoms with Crippen LogP contribution in [-0.4, -0.2) is 30.2 Å². The standard InChI is InChI=1S/C4H4O6S/c5-3-1-2(4(6)10-3)11(7,8)9/h2H,1H2,(H,7,8,9)/t2-/m1/s1. The van der Waals surface area contributed by atoms with Gasteiger partial charge in [-0.05, 0) is 0 Å². The fourth-order valence-corrected chi connectivity index (χ4v) is 1.32. The Balaban J connectivity index is 2.94. The first-order chi connectivity index (χ1) is 4.91. The normalized spacial score (nSPS) is 25.4. The van der Waals surface area contributed by atoms with Crippen LogP contribution in [0.1, 0.15) is 6.42 Å². The van der Waals surface area contributed by atoms with E-state index >= 15 is 0 Å². The van der Waals surface area contributed by atoms with Crippen LogP contribution in [0, 0.1) is 0 Å². The van der Waals surface area contributed by atoms with Crippen LogP contribution in [0.3, 0.4) is 0 Å². The van der Waals surface area contributed by atoms with Gasteiger partial charge in [-0.2, -0.15) is 8.42 Å². The van der Waals surface area contributed by atoms with Crippen molar-refractivity contribution in [2.75, 3.05) is 0 Å². The second kappa shape index (κ2) is 2.28. The van der Waals surface area contributed by atoms with Gasteiger partial charge in [0, 0.05) is 0 Å². The van der Waals surface area contributed by atoms with Gasteiger partial charge in [0.1, 0.15) is 0 Å². The lowest BCUT2D eigenvalue weighted by molar-refractivity contribution is -0.151. The molecule has 0 saturated carbocycles. The van der Waals surface area contributed by atoms with Crippen molar-refractivity contribution in [1.29, 1.82) is 0 Å². The lowest BCUT2D eigenvalue weighted by atomic mass is 10.4. The van der Waals surface area contributed by atoms with Crippen molar-refractivity contribution in [2.24, 2.45) is 0 Å². The van der Waals surface area contributed by atoms with E-state index in [9.17, 15) is 18.0 Å². The number of esters is 2. The monoisotopic (exact) mass is 180 g/mol. The molecule has 1 N–H and O–H groups in total. The van der Waals surface area contributed by atoms with Gasteiger partial charge in [0.05, 0.1) is 6.42 Å². The van der Waals surface area contributed by atoms with Crippen LogP contribution >= 0.6 is 0 Å². The molecular weight excluding hydrogens is 176 g/mol. The maximum atomic E-state index is 10.4. The van der Waals surface area contributed by atoms with Gasteiger partial charge in [-0.1, -0.05) is 0 Å². The summed E-state index contributed by atoms with van der Waals surface area (Å²) in [5.41, 5.74) is 0. The smallest absolute Gasteiger partial charge is 0.335 e. The van der Waals surface area contributed by atoms with Crippen LogP contribution in [0.15, 0.2) is 0 Å². The van der Waals surface area contributed by atoms with Crippen LogP contribution in [0.4, 0.5) is 0 Å². The highest BCUT2D eigenvalue weighted by atomic mass is 32.2. The average Bonchev–Trinajstić information content (AvgIpc) is 2.08. The summed E-state index contributed by atoms with van der Waals surface area (Å²) in [6, 6.07) is 0. The van der Waals surface area contributed by atoms with E-state index in [1.165, 1.54) is 0 Å². The van der Waals surface area contributed by atoms with Crippen molar-refractivity contribution in [3.63, 3.8) is 0 Å². The summed E-state index contributed by atoms with van der Waals surface area (Å²) >= 11 is 0. The van der Waals surface area contributed by atoms with Gasteiger partial charge in [-0.15, -0.1) is 0 Å². The van der Waals surface area contributed by atoms with Gasteiger partial charge < -0.3 is 4.74 Å². The molecular formula is C4H4O6S. The molecule has 0 unspecified atom stereocenters. The Morgan fingerprint density at radius 1 is 1.45 bits per heavy atom. The van der Waals surface area contributed by atoms with Crippen molar-refractivity contribution < 1.29 is 27.3 Å². The van der Waals surface area contributed by atoms with Crippen LogP contribution in [0.2, 0.25) is 0 Å². The van der Waals surface area contributed by atoms with Crippen molar-refractivity contribution in [3.05, 3.63) is 0 Å². The molecule has 1 atom stereocenters. The molecule has 0 bridgehead atoms. The average molecular weight is 180 g/mol. The highest BCUT2D eigenvalue weighted by Gasteiger charge is 2.42. The van der Waals surface area contributed by atoms with Crippen molar-refractivity contribution >= 4 is 22.1 Å². The van der Waals surface area contributed by atoms with Gasteiger partial charge in [-0.25, -0.2) is 0 Å². The Bertz CT molecular complexity index is 301. The number of ether oxygens (including phenoxy) is 1. The summed E-state index contributed by atoms with van der Waals surface area (Å²) < 4.78 is 32.8. The Morgan fingerprint density at radius 2 is 2.00 bits per heavy atom. The number of carbonyl (C=O) groups is 2. The largest absolute Gasteiger partial charge is 0.392 e. The summed E-state index contributed by atoms with van der Waals surface area (Å²) in [5, 5.41) is -1.73. The van der Waals surface area contributed by atoms with Crippen LogP contribution in [0.25, 0.3) is 0 Å². The molecule has 1 saturated heterocycles. The number of hydrogen-bond acceptors (Lipinski definition) is 5. The molecule has 0 aromatic heterocycles. The minimum absolute atomic E-state index is 0.600. The van der Waals surface area contributed by atoms with Crippen molar-refractivity contribution in [1.82, 2.24) is 0 Å². The fourth-order valence-electron chi connectivity index (χ4n) is 0.681. The molecule has 6 nitrogen and oxygen atoms in total. The zero-order valence-corrected chi connectivity index (χ0v) is 6.00. The van der Waals surface area contributed by atoms with Crippen molar-refractivity contribution in [3.8, 4) is 0 Å². The molecule has 1 rings (SSSR count). The minimum Gasteiger partial charge on any atom is -0.392 e. The topological polar surface area (TPSA) is 97.7 Å². The second-order valence-electron chi connectivity index (χ2n) is 2.00. The van der Waals surface area contributed by atoms with E-state index in [0.717, 1.165) is 0 Å². The van der Waals surface area contributed by atoms with E-state index in [2.05, 4.69) is 4.74 Å². The molecule has 1 heterocycles. The van der Waals surface area contributed by atoms with E-state index < -0.39 is 33.7 Å². The van der Waals surface area contributed by atoms with E-state index in [-0.39, 0.29) is 0 Å². The highest BCUT2D eigenvalue weighted by Crippen LogP contribution is 2.14. The van der Waals surface area contributed by atoms with Crippen LogP contribution < -0.4 is 0 Å². The highest BCUT2D eigenvalue weighted by molar-refractivity contribution is 7.87.